The quantitative estimate of drug-likeness (QED) is 0.693. The Morgan fingerprint density at radius 1 is 1.26 bits per heavy atom. The van der Waals surface area contributed by atoms with Gasteiger partial charge in [0.1, 0.15) is 6.61 Å². The van der Waals surface area contributed by atoms with Crippen LogP contribution in [0, 0.1) is 0 Å². The van der Waals surface area contributed by atoms with Crippen LogP contribution in [0.2, 0.25) is 0 Å². The smallest absolute Gasteiger partial charge is 0.313 e. The zero-order chi connectivity index (χ0) is 19.6. The molecular weight excluding hydrogens is 354 g/mol. The molecule has 3 heterocycles. The van der Waals surface area contributed by atoms with Crippen molar-refractivity contribution >= 4 is 11.9 Å². The number of hydrogen-bond donors (Lipinski definition) is 0. The van der Waals surface area contributed by atoms with E-state index in [-0.39, 0.29) is 18.8 Å². The highest BCUT2D eigenvalue weighted by Crippen LogP contribution is 2.41. The van der Waals surface area contributed by atoms with Crippen LogP contribution in [-0.2, 0) is 47.5 Å². The van der Waals surface area contributed by atoms with Crippen molar-refractivity contribution in [3.8, 4) is 0 Å². The molecule has 8 nitrogen and oxygen atoms in total. The van der Waals surface area contributed by atoms with Crippen molar-refractivity contribution in [3.63, 3.8) is 0 Å². The Labute approximate surface area is 157 Å². The Kier molecular flexibility index (Phi) is 5.67. The third-order valence-electron chi connectivity index (χ3n) is 5.02. The summed E-state index contributed by atoms with van der Waals surface area (Å²) in [6, 6.07) is 1.78. The molecule has 1 fully saturated rings. The number of pyridine rings is 1. The molecule has 2 aliphatic heterocycles. The Morgan fingerprint density at radius 3 is 2.56 bits per heavy atom. The summed E-state index contributed by atoms with van der Waals surface area (Å²) in [6.07, 6.45) is 0.971. The van der Waals surface area contributed by atoms with Gasteiger partial charge in [-0.1, -0.05) is 6.92 Å². The molecule has 148 valence electrons. The van der Waals surface area contributed by atoms with Gasteiger partial charge >= 0.3 is 11.9 Å². The van der Waals surface area contributed by atoms with Crippen LogP contribution in [-0.4, -0.2) is 36.3 Å². The minimum Gasteiger partial charge on any atom is -0.466 e. The standard InChI is InChI=1S/C19H25NO7/c1-4-13(18(23)24-5-2)14-10-16-19(26-8-9-27-19)6-7-20(16)17(22)15(14)11-25-12(3)21/h10,13H,4-9,11H2,1-3H3/t13-/m1/s1. The van der Waals surface area contributed by atoms with Crippen molar-refractivity contribution in [2.24, 2.45) is 0 Å². The van der Waals surface area contributed by atoms with E-state index >= 15 is 0 Å². The second-order valence-corrected chi connectivity index (χ2v) is 6.61. The number of hydrogen-bond acceptors (Lipinski definition) is 7. The van der Waals surface area contributed by atoms with Gasteiger partial charge in [-0.3, -0.25) is 14.4 Å². The monoisotopic (exact) mass is 379 g/mol. The van der Waals surface area contributed by atoms with Crippen molar-refractivity contribution in [2.75, 3.05) is 19.8 Å². The molecule has 2 aliphatic rings. The van der Waals surface area contributed by atoms with Crippen LogP contribution in [0.25, 0.3) is 0 Å². The SMILES string of the molecule is CCOC(=O)[C@H](CC)c1cc2n(c(=O)c1COC(C)=O)CCC21OCCO1. The van der Waals surface area contributed by atoms with Gasteiger partial charge in [-0.15, -0.1) is 0 Å². The summed E-state index contributed by atoms with van der Waals surface area (Å²) in [6.45, 7) is 6.27. The average Bonchev–Trinajstić information content (AvgIpc) is 3.24. The molecule has 1 saturated heterocycles. The fraction of sp³-hybridized carbons (Fsp3) is 0.632. The lowest BCUT2D eigenvalue weighted by atomic mass is 9.91. The molecule has 1 spiro atoms. The average molecular weight is 379 g/mol. The molecule has 1 aromatic rings. The number of ether oxygens (including phenoxy) is 4. The van der Waals surface area contributed by atoms with Crippen molar-refractivity contribution in [1.82, 2.24) is 4.57 Å². The van der Waals surface area contributed by atoms with Gasteiger partial charge in [-0.2, -0.15) is 0 Å². The van der Waals surface area contributed by atoms with Crippen LogP contribution < -0.4 is 5.56 Å². The second-order valence-electron chi connectivity index (χ2n) is 6.61. The summed E-state index contributed by atoms with van der Waals surface area (Å²) < 4.78 is 23.5. The molecule has 0 amide bonds. The van der Waals surface area contributed by atoms with Gasteiger partial charge in [-0.25, -0.2) is 0 Å². The van der Waals surface area contributed by atoms with Crippen LogP contribution in [0.15, 0.2) is 10.9 Å². The topological polar surface area (TPSA) is 93.1 Å². The van der Waals surface area contributed by atoms with Gasteiger partial charge in [0.2, 0.25) is 5.79 Å². The first-order chi connectivity index (χ1) is 12.9. The zero-order valence-corrected chi connectivity index (χ0v) is 15.9. The predicted octanol–water partition coefficient (Wildman–Crippen LogP) is 1.57. The highest BCUT2D eigenvalue weighted by atomic mass is 16.7. The summed E-state index contributed by atoms with van der Waals surface area (Å²) in [5.74, 6) is -2.48. The maximum atomic E-state index is 13.1. The van der Waals surface area contributed by atoms with E-state index in [4.69, 9.17) is 18.9 Å². The molecule has 1 aromatic heterocycles. The Bertz CT molecular complexity index is 792. The van der Waals surface area contributed by atoms with Crippen LogP contribution >= 0.6 is 0 Å². The van der Waals surface area contributed by atoms with Crippen molar-refractivity contribution in [1.29, 1.82) is 0 Å². The third kappa shape index (κ3) is 3.51. The lowest BCUT2D eigenvalue weighted by Crippen LogP contribution is -2.32. The number of aromatic nitrogens is 1. The van der Waals surface area contributed by atoms with E-state index < -0.39 is 23.6 Å². The van der Waals surface area contributed by atoms with Gasteiger partial charge in [0.15, 0.2) is 0 Å². The third-order valence-corrected chi connectivity index (χ3v) is 5.02. The fourth-order valence-electron chi connectivity index (χ4n) is 3.77. The largest absolute Gasteiger partial charge is 0.466 e. The number of esters is 2. The molecule has 1 atom stereocenters. The molecule has 27 heavy (non-hydrogen) atoms. The van der Waals surface area contributed by atoms with Crippen LogP contribution in [0.3, 0.4) is 0 Å². The van der Waals surface area contributed by atoms with E-state index in [0.29, 0.717) is 49.4 Å². The predicted molar refractivity (Wildman–Crippen MR) is 94.0 cm³/mol. The minimum atomic E-state index is -0.944. The van der Waals surface area contributed by atoms with Crippen molar-refractivity contribution < 1.29 is 28.5 Å². The Balaban J connectivity index is 2.13. The molecule has 0 aliphatic carbocycles. The molecule has 0 saturated carbocycles. The van der Waals surface area contributed by atoms with Crippen LogP contribution in [0.1, 0.15) is 56.4 Å². The van der Waals surface area contributed by atoms with Crippen molar-refractivity contribution in [2.45, 2.75) is 58.5 Å². The molecule has 0 unspecified atom stereocenters. The molecule has 0 radical (unpaired) electrons. The molecule has 0 aromatic carbocycles. The van der Waals surface area contributed by atoms with E-state index in [9.17, 15) is 14.4 Å². The lowest BCUT2D eigenvalue weighted by molar-refractivity contribution is -0.163. The van der Waals surface area contributed by atoms with E-state index in [0.717, 1.165) is 0 Å². The first-order valence-electron chi connectivity index (χ1n) is 9.28. The number of carbonyl (C=O) groups is 2. The fourth-order valence-corrected chi connectivity index (χ4v) is 3.77. The lowest BCUT2D eigenvalue weighted by Gasteiger charge is -2.24. The Morgan fingerprint density at radius 2 is 1.96 bits per heavy atom. The molecule has 3 rings (SSSR count). The highest BCUT2D eigenvalue weighted by molar-refractivity contribution is 5.78. The number of carbonyl (C=O) groups excluding carboxylic acids is 2. The summed E-state index contributed by atoms with van der Waals surface area (Å²) in [7, 11) is 0. The maximum Gasteiger partial charge on any atom is 0.313 e. The molecule has 8 heteroatoms. The Hall–Kier alpha value is -2.19. The van der Waals surface area contributed by atoms with Gasteiger partial charge in [0, 0.05) is 19.9 Å². The van der Waals surface area contributed by atoms with E-state index in [1.807, 2.05) is 6.92 Å². The van der Waals surface area contributed by atoms with Gasteiger partial charge in [0.25, 0.3) is 5.56 Å². The van der Waals surface area contributed by atoms with E-state index in [1.54, 1.807) is 17.6 Å². The second kappa shape index (κ2) is 7.82. The molecule has 0 N–H and O–H groups in total. The summed E-state index contributed by atoms with van der Waals surface area (Å²) >= 11 is 0. The summed E-state index contributed by atoms with van der Waals surface area (Å²) in [5.41, 5.74) is 1.12. The highest BCUT2D eigenvalue weighted by Gasteiger charge is 2.46. The normalized spacial score (nSPS) is 18.3. The summed E-state index contributed by atoms with van der Waals surface area (Å²) in [4.78, 5) is 36.9. The molecular formula is C19H25NO7. The minimum absolute atomic E-state index is 0.186. The van der Waals surface area contributed by atoms with E-state index in [2.05, 4.69) is 0 Å². The number of nitrogens with zero attached hydrogens (tertiary/aromatic N) is 1. The van der Waals surface area contributed by atoms with Crippen molar-refractivity contribution in [3.05, 3.63) is 33.2 Å². The first kappa shape index (κ1) is 19.6. The van der Waals surface area contributed by atoms with Gasteiger partial charge < -0.3 is 23.5 Å². The maximum absolute atomic E-state index is 13.1. The zero-order valence-electron chi connectivity index (χ0n) is 15.9. The summed E-state index contributed by atoms with van der Waals surface area (Å²) in [5, 5.41) is 0. The van der Waals surface area contributed by atoms with Crippen LogP contribution in [0.4, 0.5) is 0 Å². The molecule has 0 bridgehead atoms. The number of fused-ring (bicyclic) bond motifs is 2. The number of rotatable bonds is 6. The van der Waals surface area contributed by atoms with Crippen LogP contribution in [0.5, 0.6) is 0 Å². The van der Waals surface area contributed by atoms with E-state index in [1.165, 1.54) is 6.92 Å². The van der Waals surface area contributed by atoms with Gasteiger partial charge in [-0.05, 0) is 25.0 Å². The van der Waals surface area contributed by atoms with Gasteiger partial charge in [0.05, 0.1) is 37.0 Å². The first-order valence-corrected chi connectivity index (χ1v) is 9.28.